The Balaban J connectivity index is 2.75. The van der Waals surface area contributed by atoms with Gasteiger partial charge in [-0.15, -0.1) is 0 Å². The summed E-state index contributed by atoms with van der Waals surface area (Å²) in [7, 11) is 1.43. The zero-order valence-electron chi connectivity index (χ0n) is 11.8. The molecule has 1 atom stereocenters. The molecule has 0 aromatic carbocycles. The number of hydrogen-bond donors (Lipinski definition) is 1. The van der Waals surface area contributed by atoms with Gasteiger partial charge in [0.15, 0.2) is 0 Å². The van der Waals surface area contributed by atoms with Gasteiger partial charge in [0, 0.05) is 17.2 Å². The van der Waals surface area contributed by atoms with E-state index in [1.807, 2.05) is 0 Å². The monoisotopic (exact) mass is 286 g/mol. The highest BCUT2D eigenvalue weighted by molar-refractivity contribution is 7.99. The van der Waals surface area contributed by atoms with Crippen LogP contribution in [0.1, 0.15) is 26.7 Å². The molecule has 6 nitrogen and oxygen atoms in total. The van der Waals surface area contributed by atoms with E-state index in [2.05, 4.69) is 29.2 Å². The summed E-state index contributed by atoms with van der Waals surface area (Å²) in [5.41, 5.74) is 7.43. The molecule has 1 unspecified atom stereocenters. The van der Waals surface area contributed by atoms with Crippen LogP contribution in [0.5, 0.6) is 0 Å². The lowest BCUT2D eigenvalue weighted by molar-refractivity contribution is -0.153. The van der Waals surface area contributed by atoms with Crippen LogP contribution < -0.4 is 5.32 Å². The lowest BCUT2D eigenvalue weighted by atomic mass is 9.70. The zero-order valence-corrected chi connectivity index (χ0v) is 12.6. The highest BCUT2D eigenvalue weighted by atomic mass is 32.2. The van der Waals surface area contributed by atoms with E-state index in [0.29, 0.717) is 25.3 Å². The highest BCUT2D eigenvalue weighted by Gasteiger charge is 2.53. The van der Waals surface area contributed by atoms with Crippen molar-refractivity contribution < 1.29 is 9.53 Å². The minimum atomic E-state index is -0.652. The van der Waals surface area contributed by atoms with E-state index in [1.54, 1.807) is 11.8 Å². The number of nitrogens with zero attached hydrogens (tertiary/aromatic N) is 3. The molecule has 1 N–H and O–H groups in total. The SMILES string of the molecule is COC(=O)C1(NCCCN=[N+]=[N-])CSCCC1(C)C. The third-order valence-corrected chi connectivity index (χ3v) is 4.93. The molecule has 0 radical (unpaired) electrons. The standard InChI is InChI=1S/C12H22N4O2S/c1-11(2)5-8-19-9-12(11,10(17)18-3)14-6-4-7-15-16-13/h14H,4-9H2,1-3H3. The Hall–Kier alpha value is -0.910. The molecule has 1 aliphatic heterocycles. The van der Waals surface area contributed by atoms with E-state index in [4.69, 9.17) is 10.3 Å². The number of nitrogens with one attached hydrogen (secondary N) is 1. The molecule has 1 fully saturated rings. The first kappa shape index (κ1) is 16.1. The van der Waals surface area contributed by atoms with Crippen molar-refractivity contribution in [1.82, 2.24) is 5.32 Å². The maximum atomic E-state index is 12.2. The van der Waals surface area contributed by atoms with Crippen molar-refractivity contribution >= 4 is 17.7 Å². The van der Waals surface area contributed by atoms with Gasteiger partial charge in [0.2, 0.25) is 0 Å². The topological polar surface area (TPSA) is 87.1 Å². The highest BCUT2D eigenvalue weighted by Crippen LogP contribution is 2.43. The van der Waals surface area contributed by atoms with Gasteiger partial charge in [-0.1, -0.05) is 19.0 Å². The summed E-state index contributed by atoms with van der Waals surface area (Å²) in [4.78, 5) is 15.0. The van der Waals surface area contributed by atoms with Crippen LogP contribution in [0.3, 0.4) is 0 Å². The van der Waals surface area contributed by atoms with Gasteiger partial charge in [-0.3, -0.25) is 4.79 Å². The maximum Gasteiger partial charge on any atom is 0.327 e. The summed E-state index contributed by atoms with van der Waals surface area (Å²) in [6.45, 7) is 5.28. The van der Waals surface area contributed by atoms with Crippen LogP contribution in [-0.4, -0.2) is 43.2 Å². The van der Waals surface area contributed by atoms with Crippen molar-refractivity contribution in [3.8, 4) is 0 Å². The average molecular weight is 286 g/mol. The molecule has 7 heteroatoms. The molecule has 1 rings (SSSR count). The number of methoxy groups -OCH3 is 1. The lowest BCUT2D eigenvalue weighted by Crippen LogP contribution is -2.65. The van der Waals surface area contributed by atoms with Crippen LogP contribution in [0, 0.1) is 5.41 Å². The van der Waals surface area contributed by atoms with Gasteiger partial charge < -0.3 is 10.1 Å². The molecular formula is C12H22N4O2S. The first-order chi connectivity index (χ1) is 9.00. The Morgan fingerprint density at radius 1 is 1.58 bits per heavy atom. The van der Waals surface area contributed by atoms with Crippen LogP contribution in [0.15, 0.2) is 5.11 Å². The van der Waals surface area contributed by atoms with Gasteiger partial charge in [0.25, 0.3) is 0 Å². The third-order valence-electron chi connectivity index (χ3n) is 3.80. The van der Waals surface area contributed by atoms with E-state index in [-0.39, 0.29) is 11.4 Å². The fourth-order valence-electron chi connectivity index (χ4n) is 2.33. The number of carbonyl (C=O) groups excluding carboxylic acids is 1. The molecular weight excluding hydrogens is 264 g/mol. The van der Waals surface area contributed by atoms with E-state index in [1.165, 1.54) is 7.11 Å². The smallest absolute Gasteiger partial charge is 0.327 e. The fourth-order valence-corrected chi connectivity index (χ4v) is 4.05. The molecule has 0 aromatic heterocycles. The Labute approximate surface area is 118 Å². The largest absolute Gasteiger partial charge is 0.468 e. The molecule has 1 aliphatic rings. The average Bonchev–Trinajstić information content (AvgIpc) is 2.39. The van der Waals surface area contributed by atoms with Gasteiger partial charge in [-0.25, -0.2) is 0 Å². The number of thioether (sulfide) groups is 1. The fraction of sp³-hybridized carbons (Fsp3) is 0.917. The van der Waals surface area contributed by atoms with E-state index in [9.17, 15) is 4.79 Å². The summed E-state index contributed by atoms with van der Waals surface area (Å²) in [5.74, 6) is 1.58. The van der Waals surface area contributed by atoms with E-state index >= 15 is 0 Å². The van der Waals surface area contributed by atoms with Gasteiger partial charge in [0.05, 0.1) is 7.11 Å². The quantitative estimate of drug-likeness (QED) is 0.267. The number of rotatable bonds is 6. The van der Waals surface area contributed by atoms with Crippen molar-refractivity contribution in [3.05, 3.63) is 10.4 Å². The Bertz CT molecular complexity index is 369. The molecule has 0 saturated carbocycles. The van der Waals surface area contributed by atoms with Crippen LogP contribution >= 0.6 is 11.8 Å². The van der Waals surface area contributed by atoms with Gasteiger partial charge in [-0.05, 0) is 36.1 Å². The number of esters is 1. The predicted molar refractivity (Wildman–Crippen MR) is 77.1 cm³/mol. The molecule has 1 heterocycles. The number of azide groups is 1. The van der Waals surface area contributed by atoms with Crippen molar-refractivity contribution in [2.24, 2.45) is 10.5 Å². The summed E-state index contributed by atoms with van der Waals surface area (Å²) < 4.78 is 5.01. The Morgan fingerprint density at radius 2 is 2.32 bits per heavy atom. The molecule has 0 amide bonds. The molecule has 0 aromatic rings. The maximum absolute atomic E-state index is 12.2. The minimum absolute atomic E-state index is 0.149. The Morgan fingerprint density at radius 3 is 2.89 bits per heavy atom. The predicted octanol–water partition coefficient (Wildman–Crippen LogP) is 2.35. The normalized spacial score (nSPS) is 25.4. The first-order valence-electron chi connectivity index (χ1n) is 6.42. The summed E-state index contributed by atoms with van der Waals surface area (Å²) >= 11 is 1.77. The third kappa shape index (κ3) is 3.55. The van der Waals surface area contributed by atoms with Crippen LogP contribution in [-0.2, 0) is 9.53 Å². The lowest BCUT2D eigenvalue weighted by Gasteiger charge is -2.48. The summed E-state index contributed by atoms with van der Waals surface area (Å²) in [5, 5.41) is 6.85. The van der Waals surface area contributed by atoms with Crippen LogP contribution in [0.25, 0.3) is 10.4 Å². The van der Waals surface area contributed by atoms with Crippen molar-refractivity contribution in [3.63, 3.8) is 0 Å². The number of ether oxygens (including phenoxy) is 1. The molecule has 108 valence electrons. The zero-order chi connectivity index (χ0) is 14.4. The minimum Gasteiger partial charge on any atom is -0.468 e. The van der Waals surface area contributed by atoms with Crippen LogP contribution in [0.2, 0.25) is 0 Å². The number of carbonyl (C=O) groups is 1. The second kappa shape index (κ2) is 7.03. The first-order valence-corrected chi connectivity index (χ1v) is 7.58. The van der Waals surface area contributed by atoms with Crippen LogP contribution in [0.4, 0.5) is 0 Å². The summed E-state index contributed by atoms with van der Waals surface area (Å²) in [6.07, 6.45) is 1.68. The van der Waals surface area contributed by atoms with Gasteiger partial charge in [0.1, 0.15) is 5.54 Å². The van der Waals surface area contributed by atoms with Crippen molar-refractivity contribution in [2.45, 2.75) is 32.2 Å². The molecule has 0 bridgehead atoms. The van der Waals surface area contributed by atoms with E-state index in [0.717, 1.165) is 12.2 Å². The second-order valence-electron chi connectivity index (χ2n) is 5.32. The second-order valence-corrected chi connectivity index (χ2v) is 6.42. The molecule has 1 saturated heterocycles. The van der Waals surface area contributed by atoms with Crippen molar-refractivity contribution in [2.75, 3.05) is 31.7 Å². The Kier molecular flexibility index (Phi) is 5.97. The van der Waals surface area contributed by atoms with Gasteiger partial charge >= 0.3 is 5.97 Å². The molecule has 0 spiro atoms. The van der Waals surface area contributed by atoms with E-state index < -0.39 is 5.54 Å². The molecule has 19 heavy (non-hydrogen) atoms. The van der Waals surface area contributed by atoms with Gasteiger partial charge in [-0.2, -0.15) is 11.8 Å². The number of hydrogen-bond acceptors (Lipinski definition) is 5. The summed E-state index contributed by atoms with van der Waals surface area (Å²) in [6, 6.07) is 0. The molecule has 0 aliphatic carbocycles. The van der Waals surface area contributed by atoms with Crippen molar-refractivity contribution in [1.29, 1.82) is 0 Å².